The number of fused-ring (bicyclic) bond motifs is 1. The smallest absolute Gasteiger partial charge is 0.407 e. The molecule has 2 N–H and O–H groups in total. The lowest BCUT2D eigenvalue weighted by Crippen LogP contribution is -2.54. The number of anilines is 1. The Hall–Kier alpha value is -3.43. The topological polar surface area (TPSA) is 125 Å². The molecule has 2 saturated heterocycles. The van der Waals surface area contributed by atoms with Crippen molar-refractivity contribution in [2.45, 2.75) is 64.5 Å². The van der Waals surface area contributed by atoms with Crippen LogP contribution in [0.1, 0.15) is 73.6 Å². The van der Waals surface area contributed by atoms with Gasteiger partial charge in [0.15, 0.2) is 0 Å². The molecule has 3 aliphatic heterocycles. The van der Waals surface area contributed by atoms with E-state index in [0.717, 1.165) is 42.9 Å². The quantitative estimate of drug-likeness (QED) is 0.614. The number of nitrogens with zero attached hydrogens (tertiary/aromatic N) is 2. The maximum absolute atomic E-state index is 13.1. The van der Waals surface area contributed by atoms with E-state index < -0.39 is 41.4 Å². The van der Waals surface area contributed by atoms with Crippen LogP contribution in [0.5, 0.6) is 0 Å². The fourth-order valence-electron chi connectivity index (χ4n) is 4.83. The maximum atomic E-state index is 13.1. The van der Waals surface area contributed by atoms with Crippen LogP contribution in [0.2, 0.25) is 0 Å². The summed E-state index contributed by atoms with van der Waals surface area (Å²) in [7, 11) is 0. The van der Waals surface area contributed by atoms with Crippen LogP contribution in [0.4, 0.5) is 10.5 Å². The van der Waals surface area contributed by atoms with Crippen molar-refractivity contribution in [3.8, 4) is 0 Å². The second kappa shape index (κ2) is 9.67. The van der Waals surface area contributed by atoms with Crippen LogP contribution in [0.15, 0.2) is 18.2 Å². The number of piperidine rings is 2. The van der Waals surface area contributed by atoms with Crippen molar-refractivity contribution in [3.63, 3.8) is 0 Å². The van der Waals surface area contributed by atoms with Gasteiger partial charge in [0.2, 0.25) is 11.8 Å². The Bertz CT molecular complexity index is 1050. The molecule has 0 radical (unpaired) electrons. The molecule has 3 aliphatic rings. The summed E-state index contributed by atoms with van der Waals surface area (Å²) in [5.41, 5.74) is 0.920. The van der Waals surface area contributed by atoms with Crippen LogP contribution in [0.3, 0.4) is 0 Å². The summed E-state index contributed by atoms with van der Waals surface area (Å²) >= 11 is 0. The zero-order valence-electron chi connectivity index (χ0n) is 20.4. The molecule has 0 bridgehead atoms. The van der Waals surface area contributed by atoms with Gasteiger partial charge >= 0.3 is 6.09 Å². The third kappa shape index (κ3) is 5.47. The van der Waals surface area contributed by atoms with E-state index in [1.165, 1.54) is 0 Å². The zero-order valence-corrected chi connectivity index (χ0v) is 20.4. The van der Waals surface area contributed by atoms with Gasteiger partial charge in [-0.15, -0.1) is 0 Å². The van der Waals surface area contributed by atoms with Gasteiger partial charge in [0.25, 0.3) is 11.8 Å². The largest absolute Gasteiger partial charge is 0.444 e. The molecular formula is C25H32N4O6. The molecule has 0 aromatic heterocycles. The third-order valence-corrected chi connectivity index (χ3v) is 6.62. The van der Waals surface area contributed by atoms with Gasteiger partial charge in [-0.1, -0.05) is 0 Å². The zero-order chi connectivity index (χ0) is 25.3. The number of hydrogen-bond donors (Lipinski definition) is 2. The molecule has 1 atom stereocenters. The molecule has 2 fully saturated rings. The van der Waals surface area contributed by atoms with Crippen LogP contribution in [0.25, 0.3) is 0 Å². The molecule has 1 aromatic rings. The van der Waals surface area contributed by atoms with Crippen molar-refractivity contribution < 1.29 is 28.7 Å². The van der Waals surface area contributed by atoms with E-state index in [1.54, 1.807) is 12.1 Å². The Labute approximate surface area is 204 Å². The van der Waals surface area contributed by atoms with Crippen molar-refractivity contribution in [2.24, 2.45) is 5.92 Å². The Balaban J connectivity index is 1.33. The number of imide groups is 2. The summed E-state index contributed by atoms with van der Waals surface area (Å²) in [4.78, 5) is 64.6. The number of amides is 5. The molecule has 3 heterocycles. The van der Waals surface area contributed by atoms with E-state index in [4.69, 9.17) is 4.74 Å². The summed E-state index contributed by atoms with van der Waals surface area (Å²) in [5.74, 6) is -1.53. The van der Waals surface area contributed by atoms with Crippen LogP contribution >= 0.6 is 0 Å². The average Bonchev–Trinajstić information content (AvgIpc) is 3.03. The summed E-state index contributed by atoms with van der Waals surface area (Å²) in [5, 5.41) is 5.02. The van der Waals surface area contributed by atoms with Crippen molar-refractivity contribution in [1.82, 2.24) is 15.5 Å². The first-order valence-electron chi connectivity index (χ1n) is 12.1. The normalized spacial score (nSPS) is 21.2. The molecule has 1 unspecified atom stereocenters. The molecule has 0 spiro atoms. The lowest BCUT2D eigenvalue weighted by molar-refractivity contribution is -0.136. The highest BCUT2D eigenvalue weighted by Crippen LogP contribution is 2.32. The number of carbonyl (C=O) groups excluding carboxylic acids is 5. The fraction of sp³-hybridized carbons (Fsp3) is 0.560. The molecule has 0 aliphatic carbocycles. The van der Waals surface area contributed by atoms with Gasteiger partial charge < -0.3 is 15.0 Å². The van der Waals surface area contributed by atoms with Crippen molar-refractivity contribution in [3.05, 3.63) is 29.3 Å². The predicted octanol–water partition coefficient (Wildman–Crippen LogP) is 2.22. The van der Waals surface area contributed by atoms with Crippen LogP contribution in [-0.2, 0) is 14.3 Å². The lowest BCUT2D eigenvalue weighted by Gasteiger charge is -2.34. The average molecular weight is 485 g/mol. The van der Waals surface area contributed by atoms with Crippen molar-refractivity contribution >= 4 is 35.4 Å². The van der Waals surface area contributed by atoms with E-state index in [1.807, 2.05) is 26.8 Å². The van der Waals surface area contributed by atoms with Gasteiger partial charge in [-0.05, 0) is 70.6 Å². The van der Waals surface area contributed by atoms with Crippen LogP contribution in [0, 0.1) is 5.92 Å². The third-order valence-electron chi connectivity index (χ3n) is 6.62. The molecule has 10 heteroatoms. The molecule has 0 saturated carbocycles. The van der Waals surface area contributed by atoms with Crippen molar-refractivity contribution in [1.29, 1.82) is 0 Å². The standard InChI is InChI=1S/C25H32N4O6/c1-25(2,3)35-24(34)26-11-8-15-9-12-28(13-10-15)16-4-5-17-18(14-16)23(33)29(22(17)32)19-6-7-20(30)27-21(19)31/h4-5,14-15,19H,6-13H2,1-3H3,(H,26,34)(H,27,30,31). The summed E-state index contributed by atoms with van der Waals surface area (Å²) in [6.45, 7) is 7.65. The first kappa shape index (κ1) is 24.7. The van der Waals surface area contributed by atoms with E-state index in [0.29, 0.717) is 18.0 Å². The number of hydrogen-bond acceptors (Lipinski definition) is 7. The second-order valence-corrected chi connectivity index (χ2v) is 10.3. The second-order valence-electron chi connectivity index (χ2n) is 10.3. The van der Waals surface area contributed by atoms with E-state index in [9.17, 15) is 24.0 Å². The van der Waals surface area contributed by atoms with Crippen molar-refractivity contribution in [2.75, 3.05) is 24.5 Å². The highest BCUT2D eigenvalue weighted by Gasteiger charge is 2.44. The number of carbonyl (C=O) groups is 5. The van der Waals surface area contributed by atoms with E-state index in [2.05, 4.69) is 15.5 Å². The Morgan fingerprint density at radius 1 is 1.06 bits per heavy atom. The Morgan fingerprint density at radius 3 is 2.40 bits per heavy atom. The molecule has 188 valence electrons. The molecular weight excluding hydrogens is 452 g/mol. The molecule has 35 heavy (non-hydrogen) atoms. The van der Waals surface area contributed by atoms with Gasteiger partial charge in [0, 0.05) is 31.7 Å². The highest BCUT2D eigenvalue weighted by atomic mass is 16.6. The van der Waals surface area contributed by atoms with Gasteiger partial charge in [-0.25, -0.2) is 4.79 Å². The summed E-state index contributed by atoms with van der Waals surface area (Å²) < 4.78 is 5.26. The van der Waals surface area contributed by atoms with Crippen LogP contribution < -0.4 is 15.5 Å². The van der Waals surface area contributed by atoms with Gasteiger partial charge in [-0.3, -0.25) is 29.4 Å². The summed E-state index contributed by atoms with van der Waals surface area (Å²) in [6, 6.07) is 4.25. The Kier molecular flexibility index (Phi) is 6.82. The number of rotatable bonds is 5. The first-order valence-corrected chi connectivity index (χ1v) is 12.1. The van der Waals surface area contributed by atoms with E-state index >= 15 is 0 Å². The lowest BCUT2D eigenvalue weighted by atomic mass is 9.93. The number of ether oxygens (including phenoxy) is 1. The van der Waals surface area contributed by atoms with Gasteiger partial charge in [-0.2, -0.15) is 0 Å². The maximum Gasteiger partial charge on any atom is 0.407 e. The minimum atomic E-state index is -0.964. The minimum absolute atomic E-state index is 0.0945. The Morgan fingerprint density at radius 2 is 1.74 bits per heavy atom. The van der Waals surface area contributed by atoms with E-state index in [-0.39, 0.29) is 18.4 Å². The van der Waals surface area contributed by atoms with Gasteiger partial charge in [0.05, 0.1) is 11.1 Å². The molecule has 4 rings (SSSR count). The first-order chi connectivity index (χ1) is 16.5. The minimum Gasteiger partial charge on any atom is -0.444 e. The molecule has 1 aromatic carbocycles. The number of nitrogens with one attached hydrogen (secondary N) is 2. The highest BCUT2D eigenvalue weighted by molar-refractivity contribution is 6.23. The summed E-state index contributed by atoms with van der Waals surface area (Å²) in [6.07, 6.45) is 2.59. The van der Waals surface area contributed by atoms with Gasteiger partial charge in [0.1, 0.15) is 11.6 Å². The fourth-order valence-corrected chi connectivity index (χ4v) is 4.83. The number of alkyl carbamates (subject to hydrolysis) is 1. The SMILES string of the molecule is CC(C)(C)OC(=O)NCCC1CCN(c2ccc3c(c2)C(=O)N(C2CCC(=O)NC2=O)C3=O)CC1. The van der Waals surface area contributed by atoms with Crippen LogP contribution in [-0.4, -0.2) is 65.9 Å². The molecule has 10 nitrogen and oxygen atoms in total. The monoisotopic (exact) mass is 484 g/mol. The predicted molar refractivity (Wildman–Crippen MR) is 127 cm³/mol. The molecule has 5 amide bonds. The number of benzene rings is 1.